The zero-order valence-corrected chi connectivity index (χ0v) is 12.0. The van der Waals surface area contributed by atoms with Crippen molar-refractivity contribution in [2.24, 2.45) is 5.92 Å². The molecule has 0 saturated heterocycles. The third kappa shape index (κ3) is 3.81. The third-order valence-corrected chi connectivity index (χ3v) is 4.93. The molecule has 0 amide bonds. The van der Waals surface area contributed by atoms with Gasteiger partial charge in [0.15, 0.2) is 0 Å². The Morgan fingerprint density at radius 3 is 2.89 bits per heavy atom. The SMILES string of the molecule is Cc1sc(CNC2CC2)cc1COCCC1CC1. The van der Waals surface area contributed by atoms with E-state index in [0.29, 0.717) is 0 Å². The summed E-state index contributed by atoms with van der Waals surface area (Å²) in [5.41, 5.74) is 1.39. The van der Waals surface area contributed by atoms with E-state index in [1.165, 1.54) is 47.4 Å². The van der Waals surface area contributed by atoms with Gasteiger partial charge in [0.05, 0.1) is 6.61 Å². The Balaban J connectivity index is 1.41. The molecule has 2 saturated carbocycles. The molecule has 0 spiro atoms. The van der Waals surface area contributed by atoms with Crippen molar-refractivity contribution in [1.29, 1.82) is 0 Å². The van der Waals surface area contributed by atoms with E-state index in [4.69, 9.17) is 4.74 Å². The van der Waals surface area contributed by atoms with Crippen LogP contribution in [0.25, 0.3) is 0 Å². The molecule has 0 aliphatic heterocycles. The van der Waals surface area contributed by atoms with Gasteiger partial charge in [0.2, 0.25) is 0 Å². The summed E-state index contributed by atoms with van der Waals surface area (Å²) in [6.45, 7) is 5.00. The van der Waals surface area contributed by atoms with Crippen molar-refractivity contribution in [3.05, 3.63) is 21.4 Å². The van der Waals surface area contributed by atoms with Gasteiger partial charge in [-0.05, 0) is 43.7 Å². The number of rotatable bonds is 8. The van der Waals surface area contributed by atoms with Gasteiger partial charge in [0.1, 0.15) is 0 Å². The largest absolute Gasteiger partial charge is 0.377 e. The molecule has 2 fully saturated rings. The maximum atomic E-state index is 5.79. The van der Waals surface area contributed by atoms with Gasteiger partial charge < -0.3 is 10.1 Å². The van der Waals surface area contributed by atoms with E-state index >= 15 is 0 Å². The zero-order chi connectivity index (χ0) is 12.4. The second kappa shape index (κ2) is 5.72. The van der Waals surface area contributed by atoms with E-state index < -0.39 is 0 Å². The van der Waals surface area contributed by atoms with Gasteiger partial charge in [0.25, 0.3) is 0 Å². The Hall–Kier alpha value is -0.380. The fraction of sp³-hybridized carbons (Fsp3) is 0.733. The minimum Gasteiger partial charge on any atom is -0.377 e. The molecular weight excluding hydrogens is 242 g/mol. The highest BCUT2D eigenvalue weighted by Gasteiger charge is 2.21. The first-order chi connectivity index (χ1) is 8.81. The number of ether oxygens (including phenoxy) is 1. The van der Waals surface area contributed by atoms with Crippen LogP contribution in [0.1, 0.15) is 47.4 Å². The summed E-state index contributed by atoms with van der Waals surface area (Å²) in [7, 11) is 0. The van der Waals surface area contributed by atoms with Crippen molar-refractivity contribution < 1.29 is 4.74 Å². The van der Waals surface area contributed by atoms with Crippen LogP contribution in [0.2, 0.25) is 0 Å². The van der Waals surface area contributed by atoms with Crippen molar-refractivity contribution >= 4 is 11.3 Å². The average Bonchev–Trinajstić information content (AvgIpc) is 3.23. The fourth-order valence-corrected chi connectivity index (χ4v) is 3.19. The summed E-state index contributed by atoms with van der Waals surface area (Å²) >= 11 is 1.92. The smallest absolute Gasteiger partial charge is 0.0727 e. The van der Waals surface area contributed by atoms with Gasteiger partial charge in [-0.2, -0.15) is 0 Å². The highest BCUT2D eigenvalue weighted by Crippen LogP contribution is 2.32. The van der Waals surface area contributed by atoms with Crippen molar-refractivity contribution in [2.75, 3.05) is 6.61 Å². The molecule has 2 nitrogen and oxygen atoms in total. The summed E-state index contributed by atoms with van der Waals surface area (Å²) < 4.78 is 5.79. The Labute approximate surface area is 114 Å². The highest BCUT2D eigenvalue weighted by molar-refractivity contribution is 7.12. The van der Waals surface area contributed by atoms with Gasteiger partial charge in [-0.3, -0.25) is 0 Å². The van der Waals surface area contributed by atoms with Crippen LogP contribution >= 0.6 is 11.3 Å². The standard InChI is InChI=1S/C15H23NOS/c1-11-13(10-17-7-6-12-2-3-12)8-15(18-11)9-16-14-4-5-14/h8,12,14,16H,2-7,9-10H2,1H3. The maximum absolute atomic E-state index is 5.79. The van der Waals surface area contributed by atoms with Crippen LogP contribution in [0.5, 0.6) is 0 Å². The molecule has 0 atom stereocenters. The quantitative estimate of drug-likeness (QED) is 0.725. The Bertz CT molecular complexity index is 393. The summed E-state index contributed by atoms with van der Waals surface area (Å²) in [4.78, 5) is 2.88. The van der Waals surface area contributed by atoms with Crippen LogP contribution in [-0.2, 0) is 17.9 Å². The number of nitrogens with one attached hydrogen (secondary N) is 1. The van der Waals surface area contributed by atoms with Crippen LogP contribution in [0.3, 0.4) is 0 Å². The second-order valence-electron chi connectivity index (χ2n) is 5.73. The first-order valence-corrected chi connectivity index (χ1v) is 8.02. The van der Waals surface area contributed by atoms with Gasteiger partial charge in [-0.1, -0.05) is 12.8 Å². The molecule has 1 N–H and O–H groups in total. The van der Waals surface area contributed by atoms with Crippen molar-refractivity contribution in [2.45, 2.75) is 58.2 Å². The molecule has 0 aromatic carbocycles. The van der Waals surface area contributed by atoms with Gasteiger partial charge >= 0.3 is 0 Å². The van der Waals surface area contributed by atoms with Gasteiger partial charge in [-0.15, -0.1) is 11.3 Å². The summed E-state index contributed by atoms with van der Waals surface area (Å²) in [6.07, 6.45) is 6.85. The molecule has 0 radical (unpaired) electrons. The first kappa shape index (κ1) is 12.6. The lowest BCUT2D eigenvalue weighted by atomic mass is 10.2. The molecule has 18 heavy (non-hydrogen) atoms. The number of hydrogen-bond acceptors (Lipinski definition) is 3. The minimum absolute atomic E-state index is 0.797. The molecule has 1 aromatic rings. The highest BCUT2D eigenvalue weighted by atomic mass is 32.1. The fourth-order valence-electron chi connectivity index (χ4n) is 2.19. The number of hydrogen-bond donors (Lipinski definition) is 1. The molecule has 0 bridgehead atoms. The maximum Gasteiger partial charge on any atom is 0.0727 e. The minimum atomic E-state index is 0.797. The molecule has 1 aromatic heterocycles. The van der Waals surface area contributed by atoms with E-state index in [-0.39, 0.29) is 0 Å². The molecule has 1 heterocycles. The second-order valence-corrected chi connectivity index (χ2v) is 7.07. The predicted octanol–water partition coefficient (Wildman–Crippen LogP) is 3.63. The summed E-state index contributed by atoms with van der Waals surface area (Å²) in [6, 6.07) is 3.12. The first-order valence-electron chi connectivity index (χ1n) is 7.20. The van der Waals surface area contributed by atoms with E-state index in [9.17, 15) is 0 Å². The van der Waals surface area contributed by atoms with Crippen LogP contribution in [0, 0.1) is 12.8 Å². The summed E-state index contributed by atoms with van der Waals surface area (Å²) in [5.74, 6) is 0.979. The van der Waals surface area contributed by atoms with E-state index in [1.54, 1.807) is 0 Å². The Morgan fingerprint density at radius 1 is 1.33 bits per heavy atom. The van der Waals surface area contributed by atoms with Crippen LogP contribution in [0.15, 0.2) is 6.07 Å². The molecule has 2 aliphatic carbocycles. The summed E-state index contributed by atoms with van der Waals surface area (Å²) in [5, 5.41) is 3.57. The number of aryl methyl sites for hydroxylation is 1. The van der Waals surface area contributed by atoms with Crippen molar-refractivity contribution in [1.82, 2.24) is 5.32 Å². The van der Waals surface area contributed by atoms with Crippen molar-refractivity contribution in [3.8, 4) is 0 Å². The van der Waals surface area contributed by atoms with Crippen LogP contribution in [0.4, 0.5) is 0 Å². The molecule has 3 heteroatoms. The molecule has 0 unspecified atom stereocenters. The zero-order valence-electron chi connectivity index (χ0n) is 11.2. The van der Waals surface area contributed by atoms with Gasteiger partial charge in [0, 0.05) is 28.9 Å². The Kier molecular flexibility index (Phi) is 4.02. The lowest BCUT2D eigenvalue weighted by molar-refractivity contribution is 0.115. The lowest BCUT2D eigenvalue weighted by Gasteiger charge is -2.02. The average molecular weight is 265 g/mol. The molecule has 2 aliphatic rings. The normalized spacial score (nSPS) is 19.4. The predicted molar refractivity (Wildman–Crippen MR) is 75.9 cm³/mol. The van der Waals surface area contributed by atoms with E-state index in [2.05, 4.69) is 18.3 Å². The van der Waals surface area contributed by atoms with Crippen LogP contribution in [-0.4, -0.2) is 12.6 Å². The lowest BCUT2D eigenvalue weighted by Crippen LogP contribution is -2.14. The van der Waals surface area contributed by atoms with Crippen molar-refractivity contribution in [3.63, 3.8) is 0 Å². The number of thiophene rings is 1. The van der Waals surface area contributed by atoms with Gasteiger partial charge in [-0.25, -0.2) is 0 Å². The molecular formula is C15H23NOS. The molecule has 100 valence electrons. The third-order valence-electron chi connectivity index (χ3n) is 3.84. The monoisotopic (exact) mass is 265 g/mol. The van der Waals surface area contributed by atoms with Crippen LogP contribution < -0.4 is 5.32 Å². The molecule has 3 rings (SSSR count). The van der Waals surface area contributed by atoms with E-state index in [1.807, 2.05) is 11.3 Å². The van der Waals surface area contributed by atoms with E-state index in [0.717, 1.165) is 31.7 Å². The Morgan fingerprint density at radius 2 is 2.17 bits per heavy atom. The topological polar surface area (TPSA) is 21.3 Å².